The van der Waals surface area contributed by atoms with Crippen LogP contribution < -0.4 is 15.5 Å². The Labute approximate surface area is 255 Å². The van der Waals surface area contributed by atoms with Gasteiger partial charge in [-0.2, -0.15) is 5.26 Å². The lowest BCUT2D eigenvalue weighted by Crippen LogP contribution is -2.48. The van der Waals surface area contributed by atoms with Crippen molar-refractivity contribution in [3.63, 3.8) is 0 Å². The molecule has 41 heavy (non-hydrogen) atoms. The molecule has 3 aromatic rings. The highest BCUT2D eigenvalue weighted by molar-refractivity contribution is 5.90. The van der Waals surface area contributed by atoms with Crippen LogP contribution in [0.25, 0.3) is 11.1 Å². The highest BCUT2D eigenvalue weighted by Crippen LogP contribution is 2.32. The van der Waals surface area contributed by atoms with Gasteiger partial charge in [0.2, 0.25) is 5.91 Å². The van der Waals surface area contributed by atoms with Gasteiger partial charge in [0.05, 0.1) is 24.7 Å². The SMILES string of the molecule is CC(C)NCCNC(=O)CN(CC(=O)N(C)N1Cc2ccccc2C1)c1cc(C#N)ccc1-c1ccccc1.Cl.Cl. The number of hydrogen-bond acceptors (Lipinski definition) is 6. The zero-order chi connectivity index (χ0) is 27.8. The Balaban J connectivity index is 0.00000294. The number of anilines is 1. The van der Waals surface area contributed by atoms with Gasteiger partial charge in [-0.15, -0.1) is 24.8 Å². The second kappa shape index (κ2) is 16.0. The summed E-state index contributed by atoms with van der Waals surface area (Å²) in [5.41, 5.74) is 5.34. The van der Waals surface area contributed by atoms with Crippen LogP contribution in [0.5, 0.6) is 0 Å². The van der Waals surface area contributed by atoms with Gasteiger partial charge in [-0.3, -0.25) is 14.6 Å². The number of hydrogen-bond donors (Lipinski definition) is 2. The number of likely N-dealkylation sites (N-methyl/N-ethyl adjacent to an activating group) is 1. The quantitative estimate of drug-likeness (QED) is 0.319. The molecule has 0 spiro atoms. The second-order valence-electron chi connectivity index (χ2n) is 10.0. The molecule has 4 rings (SSSR count). The molecule has 2 amide bonds. The van der Waals surface area contributed by atoms with Crippen molar-refractivity contribution in [2.24, 2.45) is 0 Å². The van der Waals surface area contributed by atoms with E-state index < -0.39 is 0 Å². The predicted molar refractivity (Wildman–Crippen MR) is 168 cm³/mol. The molecule has 0 saturated heterocycles. The van der Waals surface area contributed by atoms with Crippen LogP contribution in [0.15, 0.2) is 72.8 Å². The molecule has 0 radical (unpaired) electrons. The molecular formula is C31H38Cl2N6O2. The van der Waals surface area contributed by atoms with Gasteiger partial charge < -0.3 is 15.5 Å². The molecule has 0 atom stereocenters. The van der Waals surface area contributed by atoms with Crippen LogP contribution in [0, 0.1) is 11.3 Å². The van der Waals surface area contributed by atoms with Gasteiger partial charge in [-0.25, -0.2) is 5.01 Å². The van der Waals surface area contributed by atoms with Crippen molar-refractivity contribution in [3.05, 3.63) is 89.5 Å². The summed E-state index contributed by atoms with van der Waals surface area (Å²) in [5, 5.41) is 19.5. The summed E-state index contributed by atoms with van der Waals surface area (Å²) in [6, 6.07) is 25.9. The van der Waals surface area contributed by atoms with Gasteiger partial charge in [-0.05, 0) is 28.8 Å². The van der Waals surface area contributed by atoms with Gasteiger partial charge >= 0.3 is 0 Å². The first-order valence-electron chi connectivity index (χ1n) is 13.3. The lowest BCUT2D eigenvalue weighted by atomic mass is 10.0. The number of halogens is 2. The van der Waals surface area contributed by atoms with E-state index in [1.165, 1.54) is 11.1 Å². The van der Waals surface area contributed by atoms with Crippen molar-refractivity contribution < 1.29 is 9.59 Å². The first kappa shape index (κ1) is 33.6. The zero-order valence-corrected chi connectivity index (χ0v) is 25.3. The van der Waals surface area contributed by atoms with Crippen LogP contribution in [0.1, 0.15) is 30.5 Å². The highest BCUT2D eigenvalue weighted by atomic mass is 35.5. The number of hydrazine groups is 1. The summed E-state index contributed by atoms with van der Waals surface area (Å²) >= 11 is 0. The summed E-state index contributed by atoms with van der Waals surface area (Å²) < 4.78 is 0. The minimum atomic E-state index is -0.189. The first-order valence-corrected chi connectivity index (χ1v) is 13.3. The van der Waals surface area contributed by atoms with Gasteiger partial charge in [0.1, 0.15) is 0 Å². The van der Waals surface area contributed by atoms with E-state index in [1.807, 2.05) is 53.5 Å². The minimum Gasteiger partial charge on any atom is -0.353 e. The number of carbonyl (C=O) groups is 2. The van der Waals surface area contributed by atoms with Crippen molar-refractivity contribution in [1.29, 1.82) is 5.26 Å². The molecule has 1 aliphatic rings. The fourth-order valence-corrected chi connectivity index (χ4v) is 4.69. The van der Waals surface area contributed by atoms with E-state index in [0.717, 1.165) is 11.1 Å². The number of fused-ring (bicyclic) bond motifs is 1. The number of benzene rings is 3. The Morgan fingerprint density at radius 3 is 2.17 bits per heavy atom. The molecule has 0 bridgehead atoms. The summed E-state index contributed by atoms with van der Waals surface area (Å²) in [5.74, 6) is -0.329. The van der Waals surface area contributed by atoms with E-state index in [0.29, 0.717) is 43.5 Å². The number of nitrogens with zero attached hydrogens (tertiary/aromatic N) is 4. The molecule has 8 nitrogen and oxygen atoms in total. The van der Waals surface area contributed by atoms with Crippen LogP contribution in [-0.2, 0) is 22.7 Å². The Kier molecular flexibility index (Phi) is 13.1. The van der Waals surface area contributed by atoms with Crippen LogP contribution in [0.2, 0.25) is 0 Å². The summed E-state index contributed by atoms with van der Waals surface area (Å²) in [6.07, 6.45) is 0. The molecule has 0 aromatic heterocycles. The van der Waals surface area contributed by atoms with Crippen molar-refractivity contribution in [2.45, 2.75) is 33.0 Å². The molecular weight excluding hydrogens is 559 g/mol. The third-order valence-corrected chi connectivity index (χ3v) is 6.82. The number of rotatable bonds is 11. The number of nitrogens with one attached hydrogen (secondary N) is 2. The van der Waals surface area contributed by atoms with E-state index in [1.54, 1.807) is 29.1 Å². The largest absolute Gasteiger partial charge is 0.353 e. The molecule has 0 saturated carbocycles. The van der Waals surface area contributed by atoms with E-state index in [9.17, 15) is 14.9 Å². The standard InChI is InChI=1S/C31H36N6O2.2ClH/c1-23(2)33-15-16-34-30(38)21-36(22-31(39)35(3)37-19-26-11-7-8-12-27(26)20-37)29-17-24(18-32)13-14-28(29)25-9-5-4-6-10-25;;/h4-14,17,23,33H,15-16,19-22H2,1-3H3,(H,34,38);2*1H. The van der Waals surface area contributed by atoms with Crippen molar-refractivity contribution in [3.8, 4) is 17.2 Å². The summed E-state index contributed by atoms with van der Waals surface area (Å²) in [4.78, 5) is 28.4. The van der Waals surface area contributed by atoms with E-state index in [4.69, 9.17) is 0 Å². The number of amides is 2. The molecule has 2 N–H and O–H groups in total. The second-order valence-corrected chi connectivity index (χ2v) is 10.0. The topological polar surface area (TPSA) is 91.7 Å². The monoisotopic (exact) mass is 596 g/mol. The van der Waals surface area contributed by atoms with Crippen LogP contribution in [-0.4, -0.2) is 61.1 Å². The summed E-state index contributed by atoms with van der Waals surface area (Å²) in [7, 11) is 1.77. The smallest absolute Gasteiger partial charge is 0.256 e. The van der Waals surface area contributed by atoms with Crippen LogP contribution in [0.3, 0.4) is 0 Å². The molecule has 0 fully saturated rings. The summed E-state index contributed by atoms with van der Waals surface area (Å²) in [6.45, 7) is 6.51. The third kappa shape index (κ3) is 8.94. The Morgan fingerprint density at radius 2 is 1.56 bits per heavy atom. The van der Waals surface area contributed by atoms with Gasteiger partial charge in [-0.1, -0.05) is 74.5 Å². The van der Waals surface area contributed by atoms with Crippen molar-refractivity contribution in [1.82, 2.24) is 20.7 Å². The molecule has 0 unspecified atom stereocenters. The molecule has 3 aromatic carbocycles. The van der Waals surface area contributed by atoms with Crippen molar-refractivity contribution in [2.75, 3.05) is 38.1 Å². The maximum absolute atomic E-state index is 13.6. The Bertz CT molecular complexity index is 1320. The average molecular weight is 598 g/mol. The van der Waals surface area contributed by atoms with Crippen LogP contribution in [0.4, 0.5) is 5.69 Å². The van der Waals surface area contributed by atoms with E-state index in [-0.39, 0.29) is 49.7 Å². The first-order chi connectivity index (χ1) is 18.9. The molecule has 10 heteroatoms. The van der Waals surface area contributed by atoms with E-state index >= 15 is 0 Å². The Hall–Kier alpha value is -3.61. The average Bonchev–Trinajstić information content (AvgIpc) is 3.39. The fraction of sp³-hybridized carbons (Fsp3) is 0.323. The normalized spacial score (nSPS) is 12.0. The number of nitriles is 1. The maximum atomic E-state index is 13.6. The highest BCUT2D eigenvalue weighted by Gasteiger charge is 2.27. The van der Waals surface area contributed by atoms with Crippen LogP contribution >= 0.6 is 24.8 Å². The van der Waals surface area contributed by atoms with Crippen molar-refractivity contribution >= 4 is 42.3 Å². The predicted octanol–water partition coefficient (Wildman–Crippen LogP) is 4.38. The fourth-order valence-electron chi connectivity index (χ4n) is 4.69. The third-order valence-electron chi connectivity index (χ3n) is 6.82. The number of carbonyl (C=O) groups excluding carboxylic acids is 2. The molecule has 1 aliphatic heterocycles. The zero-order valence-electron chi connectivity index (χ0n) is 23.7. The van der Waals surface area contributed by atoms with Gasteiger partial charge in [0, 0.05) is 50.5 Å². The Morgan fingerprint density at radius 1 is 0.927 bits per heavy atom. The van der Waals surface area contributed by atoms with Gasteiger partial charge in [0.25, 0.3) is 5.91 Å². The lowest BCUT2D eigenvalue weighted by Gasteiger charge is -2.32. The van der Waals surface area contributed by atoms with E-state index in [2.05, 4.69) is 42.7 Å². The molecule has 0 aliphatic carbocycles. The molecule has 218 valence electrons. The minimum absolute atomic E-state index is 0. The lowest BCUT2D eigenvalue weighted by molar-refractivity contribution is -0.145. The van der Waals surface area contributed by atoms with Gasteiger partial charge in [0.15, 0.2) is 0 Å². The maximum Gasteiger partial charge on any atom is 0.256 e. The molecule has 1 heterocycles.